The molecule has 0 spiro atoms. The molecule has 0 aromatic heterocycles. The standard InChI is InChI=1S/C15H27F3N4O.HI/c1-4-11-5-7-12(8-6-11)21-14(19-2)20-9-13(23)22(3)10-15(16,17)18;/h11-12H,4-10H2,1-3H3,(H2,19,20,21);1H. The van der Waals surface area contributed by atoms with Crippen molar-refractivity contribution in [2.45, 2.75) is 51.2 Å². The zero-order valence-electron chi connectivity index (χ0n) is 14.4. The molecule has 0 saturated heterocycles. The molecule has 2 N–H and O–H groups in total. The van der Waals surface area contributed by atoms with Gasteiger partial charge in [0.25, 0.3) is 0 Å². The lowest BCUT2D eigenvalue weighted by Gasteiger charge is -2.29. The van der Waals surface area contributed by atoms with E-state index in [0.29, 0.717) is 16.9 Å². The Kier molecular flexibility index (Phi) is 10.6. The monoisotopic (exact) mass is 464 g/mol. The van der Waals surface area contributed by atoms with E-state index in [-0.39, 0.29) is 30.5 Å². The number of nitrogens with one attached hydrogen (secondary N) is 2. The largest absolute Gasteiger partial charge is 0.406 e. The van der Waals surface area contributed by atoms with E-state index >= 15 is 0 Å². The molecule has 1 fully saturated rings. The van der Waals surface area contributed by atoms with Crippen LogP contribution in [0.4, 0.5) is 13.2 Å². The van der Waals surface area contributed by atoms with Gasteiger partial charge in [-0.25, -0.2) is 0 Å². The predicted molar refractivity (Wildman–Crippen MR) is 99.6 cm³/mol. The summed E-state index contributed by atoms with van der Waals surface area (Å²) in [5.41, 5.74) is 0. The van der Waals surface area contributed by atoms with Gasteiger partial charge >= 0.3 is 6.18 Å². The summed E-state index contributed by atoms with van der Waals surface area (Å²) in [6, 6.07) is 0.298. The van der Waals surface area contributed by atoms with Crippen molar-refractivity contribution >= 4 is 35.8 Å². The lowest BCUT2D eigenvalue weighted by molar-refractivity contribution is -0.157. The summed E-state index contributed by atoms with van der Waals surface area (Å²) in [4.78, 5) is 16.4. The average molecular weight is 464 g/mol. The second-order valence-corrected chi connectivity index (χ2v) is 6.06. The Balaban J connectivity index is 0.00000529. The summed E-state index contributed by atoms with van der Waals surface area (Å²) in [6.45, 7) is 0.735. The number of carbonyl (C=O) groups is 1. The minimum absolute atomic E-state index is 0. The normalized spacial score (nSPS) is 21.7. The van der Waals surface area contributed by atoms with Gasteiger partial charge in [-0.1, -0.05) is 13.3 Å². The fraction of sp³-hybridized carbons (Fsp3) is 0.867. The molecule has 0 aromatic carbocycles. The number of amides is 1. The molecular formula is C15H28F3IN4O. The number of guanidine groups is 1. The maximum absolute atomic E-state index is 12.3. The first kappa shape index (κ1) is 23.3. The fourth-order valence-corrected chi connectivity index (χ4v) is 2.75. The van der Waals surface area contributed by atoms with Crippen molar-refractivity contribution in [3.05, 3.63) is 0 Å². The third kappa shape index (κ3) is 8.93. The first-order valence-electron chi connectivity index (χ1n) is 8.03. The zero-order chi connectivity index (χ0) is 17.5. The number of halogens is 4. The van der Waals surface area contributed by atoms with Crippen molar-refractivity contribution in [3.63, 3.8) is 0 Å². The van der Waals surface area contributed by atoms with Crippen molar-refractivity contribution in [1.82, 2.24) is 15.5 Å². The number of carbonyl (C=O) groups excluding carboxylic acids is 1. The molecule has 5 nitrogen and oxygen atoms in total. The lowest BCUT2D eigenvalue weighted by atomic mass is 9.84. The maximum Gasteiger partial charge on any atom is 0.406 e. The Morgan fingerprint density at radius 3 is 2.29 bits per heavy atom. The third-order valence-electron chi connectivity index (χ3n) is 4.24. The molecule has 0 heterocycles. The number of hydrogen-bond donors (Lipinski definition) is 2. The van der Waals surface area contributed by atoms with Gasteiger partial charge in [0.1, 0.15) is 6.54 Å². The molecule has 0 radical (unpaired) electrons. The Morgan fingerprint density at radius 2 is 1.83 bits per heavy atom. The van der Waals surface area contributed by atoms with Crippen LogP contribution in [0.15, 0.2) is 4.99 Å². The van der Waals surface area contributed by atoms with E-state index < -0.39 is 18.6 Å². The smallest absolute Gasteiger partial charge is 0.354 e. The number of hydrogen-bond acceptors (Lipinski definition) is 2. The SMILES string of the molecule is CCC1CCC(NC(=NC)NCC(=O)N(C)CC(F)(F)F)CC1.I. The van der Waals surface area contributed by atoms with Crippen LogP contribution in [0.3, 0.4) is 0 Å². The van der Waals surface area contributed by atoms with Gasteiger partial charge in [0, 0.05) is 20.1 Å². The van der Waals surface area contributed by atoms with E-state index in [9.17, 15) is 18.0 Å². The Labute approximate surface area is 158 Å². The molecule has 0 atom stereocenters. The molecule has 1 saturated carbocycles. The maximum atomic E-state index is 12.3. The van der Waals surface area contributed by atoms with Crippen molar-refractivity contribution < 1.29 is 18.0 Å². The summed E-state index contributed by atoms with van der Waals surface area (Å²) < 4.78 is 36.8. The topological polar surface area (TPSA) is 56.7 Å². The highest BCUT2D eigenvalue weighted by Crippen LogP contribution is 2.26. The Bertz CT molecular complexity index is 410. The van der Waals surface area contributed by atoms with Crippen LogP contribution in [0.5, 0.6) is 0 Å². The minimum Gasteiger partial charge on any atom is -0.354 e. The van der Waals surface area contributed by atoms with Crippen LogP contribution in [-0.2, 0) is 4.79 Å². The third-order valence-corrected chi connectivity index (χ3v) is 4.24. The molecule has 1 aliphatic rings. The summed E-state index contributed by atoms with van der Waals surface area (Å²) >= 11 is 0. The minimum atomic E-state index is -4.39. The quantitative estimate of drug-likeness (QED) is 0.374. The Morgan fingerprint density at radius 1 is 1.25 bits per heavy atom. The molecular weight excluding hydrogens is 436 g/mol. The summed E-state index contributed by atoms with van der Waals surface area (Å²) in [5.74, 6) is 0.610. The van der Waals surface area contributed by atoms with Gasteiger partial charge < -0.3 is 15.5 Å². The first-order chi connectivity index (χ1) is 10.7. The summed E-state index contributed by atoms with van der Waals surface area (Å²) in [5, 5.41) is 6.03. The highest BCUT2D eigenvalue weighted by atomic mass is 127. The molecule has 0 bridgehead atoms. The lowest BCUT2D eigenvalue weighted by Crippen LogP contribution is -2.48. The van der Waals surface area contributed by atoms with Gasteiger partial charge in [0.15, 0.2) is 5.96 Å². The average Bonchev–Trinajstić information content (AvgIpc) is 2.50. The van der Waals surface area contributed by atoms with E-state index in [1.807, 2.05) is 0 Å². The molecule has 1 amide bonds. The zero-order valence-corrected chi connectivity index (χ0v) is 16.8. The number of likely N-dealkylation sites (N-methyl/N-ethyl adjacent to an activating group) is 1. The number of rotatable bonds is 5. The van der Waals surface area contributed by atoms with E-state index in [1.54, 1.807) is 7.05 Å². The number of nitrogens with zero attached hydrogens (tertiary/aromatic N) is 2. The van der Waals surface area contributed by atoms with Crippen LogP contribution in [-0.4, -0.2) is 56.2 Å². The van der Waals surface area contributed by atoms with Crippen LogP contribution in [0.25, 0.3) is 0 Å². The van der Waals surface area contributed by atoms with E-state index in [1.165, 1.54) is 19.3 Å². The molecule has 9 heteroatoms. The van der Waals surface area contributed by atoms with E-state index in [2.05, 4.69) is 22.5 Å². The Hall–Kier alpha value is -0.740. The van der Waals surface area contributed by atoms with E-state index in [4.69, 9.17) is 0 Å². The van der Waals surface area contributed by atoms with Crippen LogP contribution < -0.4 is 10.6 Å². The predicted octanol–water partition coefficient (Wildman–Crippen LogP) is 2.76. The van der Waals surface area contributed by atoms with Crippen molar-refractivity contribution in [2.24, 2.45) is 10.9 Å². The molecule has 0 aromatic rings. The highest BCUT2D eigenvalue weighted by Gasteiger charge is 2.31. The molecule has 1 aliphatic carbocycles. The summed E-state index contributed by atoms with van der Waals surface area (Å²) in [7, 11) is 2.72. The van der Waals surface area contributed by atoms with E-state index in [0.717, 1.165) is 25.8 Å². The van der Waals surface area contributed by atoms with Crippen LogP contribution in [0, 0.1) is 5.92 Å². The summed E-state index contributed by atoms with van der Waals surface area (Å²) in [6.07, 6.45) is 1.22. The van der Waals surface area contributed by atoms with Gasteiger partial charge in [-0.05, 0) is 31.6 Å². The molecule has 142 valence electrons. The fourth-order valence-electron chi connectivity index (χ4n) is 2.75. The van der Waals surface area contributed by atoms with Crippen molar-refractivity contribution in [2.75, 3.05) is 27.2 Å². The van der Waals surface area contributed by atoms with Gasteiger partial charge in [0.2, 0.25) is 5.91 Å². The van der Waals surface area contributed by atoms with Crippen LogP contribution in [0.2, 0.25) is 0 Å². The molecule has 24 heavy (non-hydrogen) atoms. The van der Waals surface area contributed by atoms with Gasteiger partial charge in [-0.2, -0.15) is 13.2 Å². The van der Waals surface area contributed by atoms with Gasteiger partial charge in [0.05, 0.1) is 6.54 Å². The highest BCUT2D eigenvalue weighted by molar-refractivity contribution is 14.0. The molecule has 0 unspecified atom stereocenters. The molecule has 1 rings (SSSR count). The molecule has 0 aliphatic heterocycles. The number of aliphatic imine (C=N–C) groups is 1. The van der Waals surface area contributed by atoms with Gasteiger partial charge in [-0.3, -0.25) is 9.79 Å². The van der Waals surface area contributed by atoms with Crippen molar-refractivity contribution in [1.29, 1.82) is 0 Å². The second kappa shape index (κ2) is 11.0. The number of alkyl halides is 3. The van der Waals surface area contributed by atoms with Crippen molar-refractivity contribution in [3.8, 4) is 0 Å². The first-order valence-corrected chi connectivity index (χ1v) is 8.03. The van der Waals surface area contributed by atoms with Crippen LogP contribution >= 0.6 is 24.0 Å². The van der Waals surface area contributed by atoms with Gasteiger partial charge in [-0.15, -0.1) is 24.0 Å². The van der Waals surface area contributed by atoms with Crippen LogP contribution in [0.1, 0.15) is 39.0 Å². The second-order valence-electron chi connectivity index (χ2n) is 6.06.